The topological polar surface area (TPSA) is 121 Å². The van der Waals surface area contributed by atoms with Crippen molar-refractivity contribution in [2.45, 2.75) is 25.4 Å². The van der Waals surface area contributed by atoms with Crippen LogP contribution in [0.15, 0.2) is 28.9 Å². The fourth-order valence-electron chi connectivity index (χ4n) is 2.66. The number of nitrogens with two attached hydrogens (primary N) is 1. The summed E-state index contributed by atoms with van der Waals surface area (Å²) in [6.07, 6.45) is 3.88. The molecule has 0 spiro atoms. The maximum atomic E-state index is 6.06. The van der Waals surface area contributed by atoms with Crippen LogP contribution >= 0.6 is 0 Å². The quantitative estimate of drug-likeness (QED) is 0.648. The van der Waals surface area contributed by atoms with Crippen LogP contribution in [0.2, 0.25) is 0 Å². The van der Waals surface area contributed by atoms with Crippen molar-refractivity contribution in [1.29, 1.82) is 0 Å². The van der Waals surface area contributed by atoms with E-state index in [1.54, 1.807) is 20.4 Å². The van der Waals surface area contributed by atoms with Crippen LogP contribution in [0, 0.1) is 0 Å². The van der Waals surface area contributed by atoms with Crippen LogP contribution < -0.4 is 20.5 Å². The SMILES string of the molecule is CNc1ncc(-c2ccc(OC)c(OCc3noc(C4CC4)n3)c2)c(N)n1. The van der Waals surface area contributed by atoms with Gasteiger partial charge in [0.1, 0.15) is 5.82 Å². The van der Waals surface area contributed by atoms with Gasteiger partial charge in [0.05, 0.1) is 7.11 Å². The zero-order valence-electron chi connectivity index (χ0n) is 15.1. The summed E-state index contributed by atoms with van der Waals surface area (Å²) in [6.45, 7) is 0.181. The minimum atomic E-state index is 0.181. The summed E-state index contributed by atoms with van der Waals surface area (Å²) in [6, 6.07) is 5.51. The van der Waals surface area contributed by atoms with E-state index in [4.69, 9.17) is 19.7 Å². The minimum Gasteiger partial charge on any atom is -0.493 e. The fourth-order valence-corrected chi connectivity index (χ4v) is 2.66. The van der Waals surface area contributed by atoms with Crippen molar-refractivity contribution >= 4 is 11.8 Å². The molecule has 1 aliphatic rings. The van der Waals surface area contributed by atoms with Crippen LogP contribution in [0.1, 0.15) is 30.5 Å². The van der Waals surface area contributed by atoms with E-state index >= 15 is 0 Å². The number of anilines is 2. The third-order valence-corrected chi connectivity index (χ3v) is 4.28. The first-order valence-electron chi connectivity index (χ1n) is 8.62. The van der Waals surface area contributed by atoms with E-state index in [9.17, 15) is 0 Å². The number of hydrogen-bond donors (Lipinski definition) is 2. The fraction of sp³-hybridized carbons (Fsp3) is 0.333. The maximum absolute atomic E-state index is 6.06. The van der Waals surface area contributed by atoms with Crippen LogP contribution in [0.25, 0.3) is 11.1 Å². The van der Waals surface area contributed by atoms with Gasteiger partial charge in [-0.05, 0) is 30.5 Å². The molecular weight excluding hydrogens is 348 g/mol. The van der Waals surface area contributed by atoms with Crippen LogP contribution in [0.4, 0.5) is 11.8 Å². The van der Waals surface area contributed by atoms with E-state index in [0.29, 0.717) is 46.5 Å². The predicted molar refractivity (Wildman–Crippen MR) is 98.6 cm³/mol. The molecule has 4 rings (SSSR count). The van der Waals surface area contributed by atoms with Crippen molar-refractivity contribution in [2.24, 2.45) is 0 Å². The van der Waals surface area contributed by atoms with E-state index in [1.165, 1.54) is 0 Å². The van der Waals surface area contributed by atoms with Crippen LogP contribution in [0.3, 0.4) is 0 Å². The van der Waals surface area contributed by atoms with Crippen molar-refractivity contribution < 1.29 is 14.0 Å². The second-order valence-corrected chi connectivity index (χ2v) is 6.22. The minimum absolute atomic E-state index is 0.181. The van der Waals surface area contributed by atoms with Gasteiger partial charge >= 0.3 is 0 Å². The van der Waals surface area contributed by atoms with Gasteiger partial charge in [-0.2, -0.15) is 9.97 Å². The lowest BCUT2D eigenvalue weighted by Gasteiger charge is -2.12. The molecule has 3 aromatic rings. The number of methoxy groups -OCH3 is 1. The second-order valence-electron chi connectivity index (χ2n) is 6.22. The van der Waals surface area contributed by atoms with E-state index < -0.39 is 0 Å². The molecule has 1 fully saturated rings. The molecule has 2 heterocycles. The zero-order chi connectivity index (χ0) is 18.8. The molecule has 0 bridgehead atoms. The highest BCUT2D eigenvalue weighted by atomic mass is 16.5. The molecule has 0 aliphatic heterocycles. The Morgan fingerprint density at radius 3 is 2.81 bits per heavy atom. The summed E-state index contributed by atoms with van der Waals surface area (Å²) in [5, 5.41) is 6.82. The van der Waals surface area contributed by atoms with Gasteiger partial charge in [-0.25, -0.2) is 4.98 Å². The third-order valence-electron chi connectivity index (χ3n) is 4.28. The average Bonchev–Trinajstić information content (AvgIpc) is 3.44. The Morgan fingerprint density at radius 1 is 1.26 bits per heavy atom. The van der Waals surface area contributed by atoms with Gasteiger partial charge in [0, 0.05) is 24.7 Å². The predicted octanol–water partition coefficient (Wildman–Crippen LogP) is 2.62. The Labute approximate surface area is 155 Å². The Kier molecular flexibility index (Phi) is 4.49. The first kappa shape index (κ1) is 17.1. The summed E-state index contributed by atoms with van der Waals surface area (Å²) in [7, 11) is 3.32. The van der Waals surface area contributed by atoms with E-state index in [2.05, 4.69) is 25.4 Å². The Bertz CT molecular complexity index is 954. The molecule has 1 saturated carbocycles. The Balaban J connectivity index is 1.56. The van der Waals surface area contributed by atoms with Gasteiger partial charge in [-0.3, -0.25) is 0 Å². The monoisotopic (exact) mass is 368 g/mol. The molecule has 0 saturated heterocycles. The average molecular weight is 368 g/mol. The summed E-state index contributed by atoms with van der Waals surface area (Å²) in [4.78, 5) is 12.8. The highest BCUT2D eigenvalue weighted by Gasteiger charge is 2.29. The Hall–Kier alpha value is -3.36. The number of ether oxygens (including phenoxy) is 2. The van der Waals surface area contributed by atoms with Gasteiger partial charge in [0.25, 0.3) is 0 Å². The molecule has 0 amide bonds. The van der Waals surface area contributed by atoms with E-state index in [-0.39, 0.29) is 6.61 Å². The van der Waals surface area contributed by atoms with Crippen molar-refractivity contribution in [3.8, 4) is 22.6 Å². The number of hydrogen-bond acceptors (Lipinski definition) is 9. The molecule has 9 nitrogen and oxygen atoms in total. The first-order valence-corrected chi connectivity index (χ1v) is 8.62. The zero-order valence-corrected chi connectivity index (χ0v) is 15.1. The molecular formula is C18H20N6O3. The van der Waals surface area contributed by atoms with E-state index in [1.807, 2.05) is 18.2 Å². The van der Waals surface area contributed by atoms with Gasteiger partial charge in [-0.15, -0.1) is 0 Å². The Morgan fingerprint density at radius 2 is 2.11 bits per heavy atom. The second kappa shape index (κ2) is 7.10. The molecule has 9 heteroatoms. The largest absolute Gasteiger partial charge is 0.493 e. The number of rotatable bonds is 7. The van der Waals surface area contributed by atoms with Crippen LogP contribution in [-0.2, 0) is 6.61 Å². The van der Waals surface area contributed by atoms with Gasteiger partial charge < -0.3 is 25.0 Å². The molecule has 2 aromatic heterocycles. The van der Waals surface area contributed by atoms with Crippen LogP contribution in [0.5, 0.6) is 11.5 Å². The number of nitrogen functional groups attached to an aromatic ring is 1. The van der Waals surface area contributed by atoms with Gasteiger partial charge in [0.15, 0.2) is 18.1 Å². The molecule has 0 radical (unpaired) electrons. The number of nitrogens with zero attached hydrogens (tertiary/aromatic N) is 4. The van der Waals surface area contributed by atoms with Crippen LogP contribution in [-0.4, -0.2) is 34.3 Å². The smallest absolute Gasteiger partial charge is 0.229 e. The summed E-state index contributed by atoms with van der Waals surface area (Å²) >= 11 is 0. The molecule has 0 unspecified atom stereocenters. The summed E-state index contributed by atoms with van der Waals surface area (Å²) < 4.78 is 16.5. The molecule has 140 valence electrons. The number of benzene rings is 1. The normalized spacial score (nSPS) is 13.4. The highest BCUT2D eigenvalue weighted by Crippen LogP contribution is 2.39. The summed E-state index contributed by atoms with van der Waals surface area (Å²) in [5.74, 6) is 3.57. The van der Waals surface area contributed by atoms with Crippen molar-refractivity contribution in [3.05, 3.63) is 36.1 Å². The van der Waals surface area contributed by atoms with Crippen molar-refractivity contribution in [3.63, 3.8) is 0 Å². The lowest BCUT2D eigenvalue weighted by atomic mass is 10.1. The molecule has 1 aliphatic carbocycles. The summed E-state index contributed by atoms with van der Waals surface area (Å²) in [5.41, 5.74) is 7.58. The van der Waals surface area contributed by atoms with Gasteiger partial charge in [0.2, 0.25) is 17.7 Å². The lowest BCUT2D eigenvalue weighted by molar-refractivity contribution is 0.269. The van der Waals surface area contributed by atoms with Crippen molar-refractivity contribution in [2.75, 3.05) is 25.2 Å². The number of aromatic nitrogens is 4. The van der Waals surface area contributed by atoms with E-state index in [0.717, 1.165) is 18.4 Å². The third kappa shape index (κ3) is 3.62. The maximum Gasteiger partial charge on any atom is 0.229 e. The number of nitrogens with one attached hydrogen (secondary N) is 1. The first-order chi connectivity index (χ1) is 13.2. The molecule has 0 atom stereocenters. The molecule has 3 N–H and O–H groups in total. The molecule has 1 aromatic carbocycles. The molecule has 27 heavy (non-hydrogen) atoms. The van der Waals surface area contributed by atoms with Crippen molar-refractivity contribution in [1.82, 2.24) is 20.1 Å². The highest BCUT2D eigenvalue weighted by molar-refractivity contribution is 5.75. The van der Waals surface area contributed by atoms with Gasteiger partial charge in [-0.1, -0.05) is 11.2 Å². The lowest BCUT2D eigenvalue weighted by Crippen LogP contribution is -2.02. The standard InChI is InChI=1S/C18H20N6O3/c1-20-18-21-8-12(16(19)23-18)11-5-6-13(25-2)14(7-11)26-9-15-22-17(27-24-15)10-3-4-10/h5-8,10H,3-4,9H2,1-2H3,(H3,19,20,21,23).